The van der Waals surface area contributed by atoms with Gasteiger partial charge in [0.25, 0.3) is 0 Å². The van der Waals surface area contributed by atoms with Gasteiger partial charge in [-0.2, -0.15) is 0 Å². The van der Waals surface area contributed by atoms with Gasteiger partial charge in [0.15, 0.2) is 0 Å². The van der Waals surface area contributed by atoms with E-state index in [1.165, 1.54) is 0 Å². The van der Waals surface area contributed by atoms with Crippen molar-refractivity contribution in [3.63, 3.8) is 0 Å². The van der Waals surface area contributed by atoms with Gasteiger partial charge in [-0.25, -0.2) is 0 Å². The Morgan fingerprint density at radius 2 is 1.95 bits per heavy atom. The highest BCUT2D eigenvalue weighted by molar-refractivity contribution is 6.35. The van der Waals surface area contributed by atoms with E-state index in [9.17, 15) is 4.79 Å². The quantitative estimate of drug-likeness (QED) is 0.818. The van der Waals surface area contributed by atoms with Gasteiger partial charge in [-0.05, 0) is 45.0 Å². The molecule has 1 unspecified atom stereocenters. The van der Waals surface area contributed by atoms with E-state index < -0.39 is 0 Å². The Morgan fingerprint density at radius 1 is 1.33 bits per heavy atom. The maximum absolute atomic E-state index is 12.1. The number of hydrogen-bond acceptors (Lipinski definition) is 2. The van der Waals surface area contributed by atoms with Gasteiger partial charge in [0.05, 0.1) is 0 Å². The highest BCUT2D eigenvalue weighted by Gasteiger charge is 2.24. The van der Waals surface area contributed by atoms with Crippen LogP contribution in [0.3, 0.4) is 0 Å². The molecule has 1 atom stereocenters. The molecule has 21 heavy (non-hydrogen) atoms. The Bertz CT molecular complexity index is 478. The summed E-state index contributed by atoms with van der Waals surface area (Å²) < 4.78 is 0. The summed E-state index contributed by atoms with van der Waals surface area (Å²) in [6.07, 6.45) is 0.654. The number of rotatable bonds is 6. The molecule has 0 aliphatic heterocycles. The van der Waals surface area contributed by atoms with Crippen molar-refractivity contribution in [3.8, 4) is 0 Å². The minimum absolute atomic E-state index is 0. The van der Waals surface area contributed by atoms with E-state index in [2.05, 4.69) is 10.6 Å². The molecule has 1 aromatic rings. The maximum Gasteiger partial charge on any atom is 0.224 e. The van der Waals surface area contributed by atoms with Crippen molar-refractivity contribution >= 4 is 41.5 Å². The monoisotopic (exact) mass is 352 g/mol. The Kier molecular flexibility index (Phi) is 8.64. The smallest absolute Gasteiger partial charge is 0.224 e. The lowest BCUT2D eigenvalue weighted by Gasteiger charge is -2.28. The number of amides is 1. The Morgan fingerprint density at radius 3 is 2.48 bits per heavy atom. The number of hydrogen-bond donors (Lipinski definition) is 2. The molecular weight excluding hydrogens is 331 g/mol. The molecule has 6 heteroatoms. The Hall–Kier alpha value is -0.480. The third kappa shape index (κ3) is 6.88. The van der Waals surface area contributed by atoms with Gasteiger partial charge in [-0.15, -0.1) is 12.4 Å². The number of halogens is 3. The van der Waals surface area contributed by atoms with Crippen LogP contribution in [-0.2, 0) is 11.2 Å². The van der Waals surface area contributed by atoms with E-state index >= 15 is 0 Å². The largest absolute Gasteiger partial charge is 0.351 e. The Labute approximate surface area is 143 Å². The van der Waals surface area contributed by atoms with Gasteiger partial charge in [0, 0.05) is 28.0 Å². The second-order valence-corrected chi connectivity index (χ2v) is 6.59. The normalized spacial score (nSPS) is 12.5. The molecule has 1 rings (SSSR count). The summed E-state index contributed by atoms with van der Waals surface area (Å²) in [5.41, 5.74) is 0.610. The molecule has 120 valence electrons. The van der Waals surface area contributed by atoms with Crippen LogP contribution in [-0.4, -0.2) is 25.0 Å². The highest BCUT2D eigenvalue weighted by atomic mass is 35.5. The van der Waals surface area contributed by atoms with E-state index in [1.807, 2.05) is 40.0 Å². The highest BCUT2D eigenvalue weighted by Crippen LogP contribution is 2.24. The average molecular weight is 354 g/mol. The minimum Gasteiger partial charge on any atom is -0.351 e. The zero-order valence-corrected chi connectivity index (χ0v) is 15.1. The van der Waals surface area contributed by atoms with Crippen LogP contribution in [0.25, 0.3) is 0 Å². The number of benzene rings is 1. The molecule has 0 aromatic heterocycles. The van der Waals surface area contributed by atoms with Crippen LogP contribution in [0.1, 0.15) is 26.3 Å². The summed E-state index contributed by atoms with van der Waals surface area (Å²) in [6, 6.07) is 5.43. The SMILES string of the molecule is CNCC(C)C(=O)NC(C)(C)Cc1ccc(Cl)cc1Cl.Cl. The van der Waals surface area contributed by atoms with Crippen LogP contribution in [0.2, 0.25) is 10.0 Å². The third-order valence-corrected chi connectivity index (χ3v) is 3.65. The van der Waals surface area contributed by atoms with Crippen molar-refractivity contribution in [2.75, 3.05) is 13.6 Å². The predicted molar refractivity (Wildman–Crippen MR) is 92.7 cm³/mol. The van der Waals surface area contributed by atoms with Crippen LogP contribution in [0.5, 0.6) is 0 Å². The lowest BCUT2D eigenvalue weighted by molar-refractivity contribution is -0.125. The standard InChI is InChI=1S/C15H22Cl2N2O.ClH/c1-10(9-18-4)14(20)19-15(2,3)8-11-5-6-12(16)7-13(11)17;/h5-7,10,18H,8-9H2,1-4H3,(H,19,20);1H. The molecule has 0 spiro atoms. The van der Waals surface area contributed by atoms with Crippen LogP contribution >= 0.6 is 35.6 Å². The van der Waals surface area contributed by atoms with E-state index in [-0.39, 0.29) is 29.8 Å². The van der Waals surface area contributed by atoms with E-state index in [1.54, 1.807) is 6.07 Å². The zero-order valence-electron chi connectivity index (χ0n) is 12.8. The molecule has 0 bridgehead atoms. The number of nitrogens with one attached hydrogen (secondary N) is 2. The molecule has 1 aromatic carbocycles. The van der Waals surface area contributed by atoms with Crippen molar-refractivity contribution in [1.82, 2.24) is 10.6 Å². The average Bonchev–Trinajstić information content (AvgIpc) is 2.32. The summed E-state index contributed by atoms with van der Waals surface area (Å²) in [6.45, 7) is 6.53. The van der Waals surface area contributed by atoms with Gasteiger partial charge in [-0.1, -0.05) is 36.2 Å². The van der Waals surface area contributed by atoms with Crippen molar-refractivity contribution in [2.45, 2.75) is 32.7 Å². The molecule has 1 amide bonds. The summed E-state index contributed by atoms with van der Waals surface area (Å²) in [5.74, 6) is -0.0330. The molecule has 0 fully saturated rings. The van der Waals surface area contributed by atoms with E-state index in [0.29, 0.717) is 23.0 Å². The zero-order chi connectivity index (χ0) is 15.3. The van der Waals surface area contributed by atoms with E-state index in [4.69, 9.17) is 23.2 Å². The fourth-order valence-electron chi connectivity index (χ4n) is 2.04. The Balaban J connectivity index is 0.00000400. The van der Waals surface area contributed by atoms with Crippen molar-refractivity contribution in [2.24, 2.45) is 5.92 Å². The summed E-state index contributed by atoms with van der Waals surface area (Å²) in [7, 11) is 1.84. The van der Waals surface area contributed by atoms with Crippen molar-refractivity contribution in [1.29, 1.82) is 0 Å². The molecule has 0 saturated heterocycles. The van der Waals surface area contributed by atoms with Gasteiger partial charge >= 0.3 is 0 Å². The van der Waals surface area contributed by atoms with Crippen LogP contribution < -0.4 is 10.6 Å². The van der Waals surface area contributed by atoms with Gasteiger partial charge < -0.3 is 10.6 Å². The van der Waals surface area contributed by atoms with E-state index in [0.717, 1.165) is 5.56 Å². The van der Waals surface area contributed by atoms with Crippen molar-refractivity contribution < 1.29 is 4.79 Å². The topological polar surface area (TPSA) is 41.1 Å². The summed E-state index contributed by atoms with van der Waals surface area (Å²) in [4.78, 5) is 12.1. The molecule has 0 aliphatic carbocycles. The molecule has 2 N–H and O–H groups in total. The molecule has 0 heterocycles. The first-order valence-electron chi connectivity index (χ1n) is 6.66. The third-order valence-electron chi connectivity index (χ3n) is 3.07. The summed E-state index contributed by atoms with van der Waals surface area (Å²) >= 11 is 12.1. The van der Waals surface area contributed by atoms with Crippen LogP contribution in [0.15, 0.2) is 18.2 Å². The fourth-order valence-corrected chi connectivity index (χ4v) is 2.52. The van der Waals surface area contributed by atoms with Gasteiger partial charge in [0.2, 0.25) is 5.91 Å². The second kappa shape index (κ2) is 8.84. The van der Waals surface area contributed by atoms with Gasteiger partial charge in [0.1, 0.15) is 0 Å². The molecule has 3 nitrogen and oxygen atoms in total. The van der Waals surface area contributed by atoms with Gasteiger partial charge in [-0.3, -0.25) is 4.79 Å². The van der Waals surface area contributed by atoms with Crippen LogP contribution in [0.4, 0.5) is 0 Å². The molecule has 0 radical (unpaired) electrons. The molecule has 0 saturated carbocycles. The summed E-state index contributed by atoms with van der Waals surface area (Å²) in [5, 5.41) is 7.31. The predicted octanol–water partition coefficient (Wildman–Crippen LogP) is 3.71. The second-order valence-electron chi connectivity index (χ2n) is 5.74. The maximum atomic E-state index is 12.1. The fraction of sp³-hybridized carbons (Fsp3) is 0.533. The minimum atomic E-state index is -0.365. The first-order chi connectivity index (χ1) is 9.25. The van der Waals surface area contributed by atoms with Crippen LogP contribution in [0, 0.1) is 5.92 Å². The first kappa shape index (κ1) is 20.5. The molecular formula is C15H23Cl3N2O. The lowest BCUT2D eigenvalue weighted by Crippen LogP contribution is -2.48. The molecule has 0 aliphatic rings. The number of carbonyl (C=O) groups is 1. The lowest BCUT2D eigenvalue weighted by atomic mass is 9.94. The van der Waals surface area contributed by atoms with Crippen molar-refractivity contribution in [3.05, 3.63) is 33.8 Å². The first-order valence-corrected chi connectivity index (χ1v) is 7.41. The number of carbonyl (C=O) groups excluding carboxylic acids is 1.